The monoisotopic (exact) mass is 352 g/mol. The Balaban J connectivity index is 1.94. The molecule has 2 aromatic rings. The largest absolute Gasteiger partial charge is 0.435 e. The van der Waals surface area contributed by atoms with Crippen LogP contribution in [0.3, 0.4) is 0 Å². The Labute approximate surface area is 142 Å². The van der Waals surface area contributed by atoms with E-state index < -0.39 is 17.7 Å². The van der Waals surface area contributed by atoms with Crippen LogP contribution in [0.15, 0.2) is 30.3 Å². The predicted molar refractivity (Wildman–Crippen MR) is 87.4 cm³/mol. The van der Waals surface area contributed by atoms with Crippen LogP contribution in [-0.2, 0) is 6.18 Å². The van der Waals surface area contributed by atoms with E-state index in [9.17, 15) is 17.6 Å². The number of hydrogen-bond donors (Lipinski definition) is 1. The van der Waals surface area contributed by atoms with Gasteiger partial charge in [0.25, 0.3) is 0 Å². The SMILES string of the molecule is Fc1ccc(C=Cc2cc(N3CCNCC3)nnc2C(F)(F)F)cc1. The third kappa shape index (κ3) is 4.33. The molecule has 0 atom stereocenters. The van der Waals surface area contributed by atoms with Gasteiger partial charge in [0.1, 0.15) is 5.82 Å². The van der Waals surface area contributed by atoms with Crippen LogP contribution in [0.2, 0.25) is 0 Å². The van der Waals surface area contributed by atoms with Gasteiger partial charge in [-0.05, 0) is 23.8 Å². The fourth-order valence-electron chi connectivity index (χ4n) is 2.55. The summed E-state index contributed by atoms with van der Waals surface area (Å²) >= 11 is 0. The van der Waals surface area contributed by atoms with E-state index in [0.717, 1.165) is 13.1 Å². The summed E-state index contributed by atoms with van der Waals surface area (Å²) in [5, 5.41) is 10.3. The van der Waals surface area contributed by atoms with Gasteiger partial charge in [0.15, 0.2) is 11.5 Å². The molecule has 4 nitrogen and oxygen atoms in total. The normalized spacial score (nSPS) is 15.8. The maximum absolute atomic E-state index is 13.2. The third-order valence-corrected chi connectivity index (χ3v) is 3.85. The van der Waals surface area contributed by atoms with E-state index in [2.05, 4.69) is 15.5 Å². The van der Waals surface area contributed by atoms with Gasteiger partial charge in [-0.25, -0.2) is 4.39 Å². The molecule has 0 amide bonds. The highest BCUT2D eigenvalue weighted by atomic mass is 19.4. The summed E-state index contributed by atoms with van der Waals surface area (Å²) in [6.45, 7) is 2.79. The summed E-state index contributed by atoms with van der Waals surface area (Å²) in [7, 11) is 0. The van der Waals surface area contributed by atoms with Gasteiger partial charge in [-0.1, -0.05) is 24.3 Å². The number of aromatic nitrogens is 2. The number of benzene rings is 1. The van der Waals surface area contributed by atoms with Gasteiger partial charge in [0, 0.05) is 31.7 Å². The Hall–Kier alpha value is -2.48. The van der Waals surface area contributed by atoms with Crippen molar-refractivity contribution < 1.29 is 17.6 Å². The molecule has 8 heteroatoms. The van der Waals surface area contributed by atoms with Crippen molar-refractivity contribution in [2.24, 2.45) is 0 Å². The van der Waals surface area contributed by atoms with Crippen LogP contribution in [0.5, 0.6) is 0 Å². The van der Waals surface area contributed by atoms with E-state index in [-0.39, 0.29) is 5.56 Å². The quantitative estimate of drug-likeness (QED) is 0.862. The van der Waals surface area contributed by atoms with E-state index in [0.29, 0.717) is 24.5 Å². The number of halogens is 4. The van der Waals surface area contributed by atoms with Crippen molar-refractivity contribution in [3.8, 4) is 0 Å². The molecule has 0 aliphatic carbocycles. The van der Waals surface area contributed by atoms with Crippen LogP contribution < -0.4 is 10.2 Å². The minimum absolute atomic E-state index is 0.0691. The molecule has 0 bridgehead atoms. The number of piperazine rings is 1. The molecule has 0 unspecified atom stereocenters. The third-order valence-electron chi connectivity index (χ3n) is 3.85. The highest BCUT2D eigenvalue weighted by molar-refractivity contribution is 5.72. The fourth-order valence-corrected chi connectivity index (χ4v) is 2.55. The summed E-state index contributed by atoms with van der Waals surface area (Å²) in [5.74, 6) is 0.00737. The summed E-state index contributed by atoms with van der Waals surface area (Å²) in [6.07, 6.45) is -1.78. The Bertz CT molecular complexity index is 750. The number of nitrogens with zero attached hydrogens (tertiary/aromatic N) is 3. The van der Waals surface area contributed by atoms with E-state index in [4.69, 9.17) is 0 Å². The van der Waals surface area contributed by atoms with Crippen LogP contribution in [0.25, 0.3) is 12.2 Å². The molecule has 1 saturated heterocycles. The van der Waals surface area contributed by atoms with Crippen molar-refractivity contribution in [3.05, 3.63) is 53.0 Å². The Morgan fingerprint density at radius 2 is 1.68 bits per heavy atom. The van der Waals surface area contributed by atoms with Gasteiger partial charge >= 0.3 is 6.18 Å². The Morgan fingerprint density at radius 3 is 2.32 bits per heavy atom. The van der Waals surface area contributed by atoms with Gasteiger partial charge in [0.2, 0.25) is 0 Å². The lowest BCUT2D eigenvalue weighted by Gasteiger charge is -2.28. The van der Waals surface area contributed by atoms with E-state index >= 15 is 0 Å². The fraction of sp³-hybridized carbons (Fsp3) is 0.294. The number of rotatable bonds is 3. The first-order chi connectivity index (χ1) is 11.9. The second-order valence-corrected chi connectivity index (χ2v) is 5.63. The van der Waals surface area contributed by atoms with Crippen molar-refractivity contribution in [1.29, 1.82) is 0 Å². The number of nitrogens with one attached hydrogen (secondary N) is 1. The van der Waals surface area contributed by atoms with Crippen molar-refractivity contribution in [2.75, 3.05) is 31.1 Å². The molecular weight excluding hydrogens is 336 g/mol. The van der Waals surface area contributed by atoms with Gasteiger partial charge in [-0.3, -0.25) is 0 Å². The Morgan fingerprint density at radius 1 is 1.00 bits per heavy atom. The molecule has 1 aliphatic heterocycles. The number of hydrogen-bond acceptors (Lipinski definition) is 4. The zero-order chi connectivity index (χ0) is 17.9. The maximum Gasteiger partial charge on any atom is 0.435 e. The van der Waals surface area contributed by atoms with Crippen molar-refractivity contribution in [1.82, 2.24) is 15.5 Å². The average molecular weight is 352 g/mol. The average Bonchev–Trinajstić information content (AvgIpc) is 2.61. The molecule has 0 radical (unpaired) electrons. The molecule has 1 aromatic carbocycles. The Kier molecular flexibility index (Phi) is 4.98. The zero-order valence-corrected chi connectivity index (χ0v) is 13.2. The summed E-state index contributed by atoms with van der Waals surface area (Å²) in [4.78, 5) is 1.89. The van der Waals surface area contributed by atoms with E-state index in [1.54, 1.807) is 0 Å². The first-order valence-corrected chi connectivity index (χ1v) is 7.78. The number of alkyl halides is 3. The van der Waals surface area contributed by atoms with Crippen molar-refractivity contribution in [2.45, 2.75) is 6.18 Å². The molecule has 1 aromatic heterocycles. The predicted octanol–water partition coefficient (Wildman–Crippen LogP) is 3.21. The molecule has 25 heavy (non-hydrogen) atoms. The van der Waals surface area contributed by atoms with E-state index in [1.165, 1.54) is 42.5 Å². The van der Waals surface area contributed by atoms with Crippen LogP contribution in [0.1, 0.15) is 16.8 Å². The lowest BCUT2D eigenvalue weighted by Crippen LogP contribution is -2.44. The molecule has 3 rings (SSSR count). The second kappa shape index (κ2) is 7.18. The molecule has 1 fully saturated rings. The maximum atomic E-state index is 13.2. The van der Waals surface area contributed by atoms with Crippen molar-refractivity contribution in [3.63, 3.8) is 0 Å². The summed E-state index contributed by atoms with van der Waals surface area (Å²) in [6, 6.07) is 6.87. The lowest BCUT2D eigenvalue weighted by molar-refractivity contribution is -0.141. The van der Waals surface area contributed by atoms with Crippen LogP contribution in [-0.4, -0.2) is 36.4 Å². The minimum atomic E-state index is -4.60. The van der Waals surface area contributed by atoms with Crippen molar-refractivity contribution >= 4 is 18.0 Å². The molecule has 0 spiro atoms. The molecule has 1 aliphatic rings. The second-order valence-electron chi connectivity index (χ2n) is 5.63. The molecule has 0 saturated carbocycles. The minimum Gasteiger partial charge on any atom is -0.353 e. The topological polar surface area (TPSA) is 41.0 Å². The van der Waals surface area contributed by atoms with Crippen LogP contribution in [0.4, 0.5) is 23.4 Å². The van der Waals surface area contributed by atoms with Gasteiger partial charge in [-0.2, -0.15) is 13.2 Å². The highest BCUT2D eigenvalue weighted by Crippen LogP contribution is 2.32. The summed E-state index contributed by atoms with van der Waals surface area (Å²) < 4.78 is 52.5. The van der Waals surface area contributed by atoms with Gasteiger partial charge in [0.05, 0.1) is 0 Å². The lowest BCUT2D eigenvalue weighted by atomic mass is 10.1. The van der Waals surface area contributed by atoms with Gasteiger partial charge in [-0.15, -0.1) is 10.2 Å². The molecule has 1 N–H and O–H groups in total. The number of anilines is 1. The smallest absolute Gasteiger partial charge is 0.353 e. The van der Waals surface area contributed by atoms with Crippen LogP contribution >= 0.6 is 0 Å². The zero-order valence-electron chi connectivity index (χ0n) is 13.2. The first kappa shape index (κ1) is 17.3. The molecular formula is C17H16F4N4. The molecule has 132 valence electrons. The first-order valence-electron chi connectivity index (χ1n) is 7.78. The standard InChI is InChI=1S/C17H16F4N4/c18-14-5-2-12(3-6-14)1-4-13-11-15(25-9-7-22-8-10-25)23-24-16(13)17(19,20)21/h1-6,11,22H,7-10H2. The summed E-state index contributed by atoms with van der Waals surface area (Å²) in [5.41, 5.74) is -0.514. The van der Waals surface area contributed by atoms with Gasteiger partial charge < -0.3 is 10.2 Å². The molecule has 2 heterocycles. The van der Waals surface area contributed by atoms with Crippen LogP contribution in [0, 0.1) is 5.82 Å². The van der Waals surface area contributed by atoms with E-state index in [1.807, 2.05) is 4.90 Å². The highest BCUT2D eigenvalue weighted by Gasteiger charge is 2.36.